The molecule has 0 aromatic heterocycles. The molecule has 1 fully saturated rings. The Hall–Kier alpha value is -0.880. The van der Waals surface area contributed by atoms with Crippen LogP contribution in [0.4, 0.5) is 0 Å². The van der Waals surface area contributed by atoms with Gasteiger partial charge in [0.05, 0.1) is 12.1 Å². The highest BCUT2D eigenvalue weighted by Crippen LogP contribution is 2.19. The standard InChI is InChI=1S/C11H18N2O/c1-2-13(9-5-8-12)10-6-3-4-7-11(10)14/h10H,2-7,9H2,1H3. The van der Waals surface area contributed by atoms with Gasteiger partial charge in [-0.15, -0.1) is 0 Å². The Bertz CT molecular complexity index is 232. The molecule has 0 radical (unpaired) electrons. The second-order valence-electron chi connectivity index (χ2n) is 3.76. The van der Waals surface area contributed by atoms with Gasteiger partial charge in [0.25, 0.3) is 0 Å². The summed E-state index contributed by atoms with van der Waals surface area (Å²) in [6, 6.07) is 2.23. The third-order valence-electron chi connectivity index (χ3n) is 2.88. The maximum atomic E-state index is 11.6. The first-order chi connectivity index (χ1) is 6.79. The highest BCUT2D eigenvalue weighted by Gasteiger charge is 2.26. The zero-order chi connectivity index (χ0) is 10.4. The molecule has 14 heavy (non-hydrogen) atoms. The first-order valence-electron chi connectivity index (χ1n) is 5.43. The van der Waals surface area contributed by atoms with Crippen LogP contribution in [-0.2, 0) is 4.79 Å². The van der Waals surface area contributed by atoms with Gasteiger partial charge in [0.15, 0.2) is 0 Å². The van der Waals surface area contributed by atoms with Crippen molar-refractivity contribution in [1.29, 1.82) is 5.26 Å². The molecule has 0 heterocycles. The Morgan fingerprint density at radius 1 is 1.57 bits per heavy atom. The molecule has 1 aliphatic carbocycles. The normalized spacial score (nSPS) is 22.4. The van der Waals surface area contributed by atoms with E-state index in [-0.39, 0.29) is 6.04 Å². The molecule has 1 rings (SSSR count). The fourth-order valence-corrected chi connectivity index (χ4v) is 2.08. The Labute approximate surface area is 85.7 Å². The number of rotatable bonds is 4. The lowest BCUT2D eigenvalue weighted by Crippen LogP contribution is -2.43. The number of carbonyl (C=O) groups excluding carboxylic acids is 1. The zero-order valence-electron chi connectivity index (χ0n) is 8.83. The lowest BCUT2D eigenvalue weighted by Gasteiger charge is -2.31. The molecule has 1 saturated carbocycles. The van der Waals surface area contributed by atoms with Crippen molar-refractivity contribution < 1.29 is 4.79 Å². The predicted molar refractivity (Wildman–Crippen MR) is 54.7 cm³/mol. The van der Waals surface area contributed by atoms with Crippen molar-refractivity contribution in [2.45, 2.75) is 45.1 Å². The van der Waals surface area contributed by atoms with E-state index in [1.807, 2.05) is 0 Å². The number of nitriles is 1. The quantitative estimate of drug-likeness (QED) is 0.684. The number of hydrogen-bond donors (Lipinski definition) is 0. The summed E-state index contributed by atoms with van der Waals surface area (Å²) < 4.78 is 0. The van der Waals surface area contributed by atoms with E-state index in [0.717, 1.165) is 38.8 Å². The van der Waals surface area contributed by atoms with Gasteiger partial charge in [-0.05, 0) is 19.4 Å². The topological polar surface area (TPSA) is 44.1 Å². The number of hydrogen-bond acceptors (Lipinski definition) is 3. The van der Waals surface area contributed by atoms with Crippen LogP contribution in [0, 0.1) is 11.3 Å². The highest BCUT2D eigenvalue weighted by molar-refractivity contribution is 5.84. The first-order valence-corrected chi connectivity index (χ1v) is 5.43. The van der Waals surface area contributed by atoms with Crippen molar-refractivity contribution in [3.63, 3.8) is 0 Å². The molecular weight excluding hydrogens is 176 g/mol. The highest BCUT2D eigenvalue weighted by atomic mass is 16.1. The van der Waals surface area contributed by atoms with Crippen LogP contribution in [0.5, 0.6) is 0 Å². The SMILES string of the molecule is CCN(CCC#N)C1CCCCC1=O. The largest absolute Gasteiger partial charge is 0.298 e. The zero-order valence-corrected chi connectivity index (χ0v) is 8.83. The molecule has 3 heteroatoms. The summed E-state index contributed by atoms with van der Waals surface area (Å²) in [6.07, 6.45) is 4.44. The molecule has 0 N–H and O–H groups in total. The molecule has 1 aliphatic rings. The number of likely N-dealkylation sites (N-methyl/N-ethyl adjacent to an activating group) is 1. The Balaban J connectivity index is 2.49. The van der Waals surface area contributed by atoms with Gasteiger partial charge >= 0.3 is 0 Å². The van der Waals surface area contributed by atoms with E-state index in [1.165, 1.54) is 0 Å². The van der Waals surface area contributed by atoms with E-state index in [9.17, 15) is 4.79 Å². The average molecular weight is 194 g/mol. The molecule has 0 saturated heterocycles. The smallest absolute Gasteiger partial charge is 0.149 e. The monoisotopic (exact) mass is 194 g/mol. The van der Waals surface area contributed by atoms with Gasteiger partial charge in [0.1, 0.15) is 5.78 Å². The van der Waals surface area contributed by atoms with Gasteiger partial charge in [-0.25, -0.2) is 0 Å². The van der Waals surface area contributed by atoms with E-state index in [1.54, 1.807) is 0 Å². The summed E-state index contributed by atoms with van der Waals surface area (Å²) in [6.45, 7) is 3.67. The fourth-order valence-electron chi connectivity index (χ4n) is 2.08. The van der Waals surface area contributed by atoms with E-state index in [4.69, 9.17) is 5.26 Å². The van der Waals surface area contributed by atoms with Crippen LogP contribution in [0.3, 0.4) is 0 Å². The van der Waals surface area contributed by atoms with Crippen molar-refractivity contribution in [3.8, 4) is 6.07 Å². The first kappa shape index (κ1) is 11.2. The third-order valence-corrected chi connectivity index (χ3v) is 2.88. The van der Waals surface area contributed by atoms with Gasteiger partial charge < -0.3 is 0 Å². The second kappa shape index (κ2) is 5.77. The molecule has 0 aromatic carbocycles. The number of Topliss-reactive ketones (excluding diaryl/α,β-unsaturated/α-hetero) is 1. The summed E-state index contributed by atoms with van der Waals surface area (Å²) >= 11 is 0. The van der Waals surface area contributed by atoms with Gasteiger partial charge in [0.2, 0.25) is 0 Å². The van der Waals surface area contributed by atoms with Crippen LogP contribution in [0.1, 0.15) is 39.0 Å². The maximum absolute atomic E-state index is 11.6. The van der Waals surface area contributed by atoms with Crippen LogP contribution in [0.15, 0.2) is 0 Å². The molecule has 0 bridgehead atoms. The molecule has 78 valence electrons. The Morgan fingerprint density at radius 3 is 2.93 bits per heavy atom. The number of ketones is 1. The third kappa shape index (κ3) is 2.81. The molecule has 0 aliphatic heterocycles. The predicted octanol–water partition coefficient (Wildman–Crippen LogP) is 1.73. The lowest BCUT2D eigenvalue weighted by atomic mass is 9.93. The lowest BCUT2D eigenvalue weighted by molar-refractivity contribution is -0.126. The Kier molecular flexibility index (Phi) is 4.61. The number of carbonyl (C=O) groups is 1. The minimum atomic E-state index is 0.0992. The van der Waals surface area contributed by atoms with Crippen LogP contribution >= 0.6 is 0 Å². The summed E-state index contributed by atoms with van der Waals surface area (Å²) in [5.41, 5.74) is 0. The van der Waals surface area contributed by atoms with Gasteiger partial charge in [-0.2, -0.15) is 5.26 Å². The van der Waals surface area contributed by atoms with E-state index < -0.39 is 0 Å². The minimum Gasteiger partial charge on any atom is -0.298 e. The van der Waals surface area contributed by atoms with E-state index >= 15 is 0 Å². The summed E-state index contributed by atoms with van der Waals surface area (Å²) in [5.74, 6) is 0.371. The van der Waals surface area contributed by atoms with Crippen molar-refractivity contribution in [1.82, 2.24) is 4.90 Å². The average Bonchev–Trinajstić information content (AvgIpc) is 2.21. The van der Waals surface area contributed by atoms with Crippen LogP contribution in [0.25, 0.3) is 0 Å². The van der Waals surface area contributed by atoms with Crippen LogP contribution in [0.2, 0.25) is 0 Å². The van der Waals surface area contributed by atoms with Gasteiger partial charge in [0, 0.05) is 19.4 Å². The Morgan fingerprint density at radius 2 is 2.36 bits per heavy atom. The van der Waals surface area contributed by atoms with E-state index in [0.29, 0.717) is 12.2 Å². The molecule has 1 unspecified atom stereocenters. The van der Waals surface area contributed by atoms with Gasteiger partial charge in [-0.1, -0.05) is 13.3 Å². The molecular formula is C11H18N2O. The molecule has 0 amide bonds. The minimum absolute atomic E-state index is 0.0992. The van der Waals surface area contributed by atoms with Crippen LogP contribution < -0.4 is 0 Å². The molecule has 0 spiro atoms. The summed E-state index contributed by atoms with van der Waals surface area (Å²) in [7, 11) is 0. The van der Waals surface area contributed by atoms with Crippen molar-refractivity contribution in [2.24, 2.45) is 0 Å². The molecule has 1 atom stereocenters. The summed E-state index contributed by atoms with van der Waals surface area (Å²) in [5, 5.41) is 8.51. The second-order valence-corrected chi connectivity index (χ2v) is 3.76. The molecule has 3 nitrogen and oxygen atoms in total. The fraction of sp³-hybridized carbons (Fsp3) is 0.818. The van der Waals surface area contributed by atoms with E-state index in [2.05, 4.69) is 17.9 Å². The number of nitrogens with zero attached hydrogens (tertiary/aromatic N) is 2. The molecule has 0 aromatic rings. The maximum Gasteiger partial charge on any atom is 0.149 e. The summed E-state index contributed by atoms with van der Waals surface area (Å²) in [4.78, 5) is 13.8. The van der Waals surface area contributed by atoms with Gasteiger partial charge in [-0.3, -0.25) is 9.69 Å². The van der Waals surface area contributed by atoms with Crippen LogP contribution in [-0.4, -0.2) is 29.8 Å². The van der Waals surface area contributed by atoms with Crippen molar-refractivity contribution >= 4 is 5.78 Å². The van der Waals surface area contributed by atoms with Crippen molar-refractivity contribution in [3.05, 3.63) is 0 Å². The van der Waals surface area contributed by atoms with Crippen molar-refractivity contribution in [2.75, 3.05) is 13.1 Å².